The molecule has 0 saturated heterocycles. The molecule has 0 fully saturated rings. The summed E-state index contributed by atoms with van der Waals surface area (Å²) in [5.74, 6) is 0.681. The molecule has 0 aliphatic rings. The molecule has 1 aromatic carbocycles. The predicted octanol–water partition coefficient (Wildman–Crippen LogP) is 4.34. The molecule has 29 heavy (non-hydrogen) atoms. The van der Waals surface area contributed by atoms with E-state index in [1.807, 2.05) is 16.8 Å². The van der Waals surface area contributed by atoms with Gasteiger partial charge >= 0.3 is 0 Å². The van der Waals surface area contributed by atoms with Gasteiger partial charge < -0.3 is 10.6 Å². The van der Waals surface area contributed by atoms with Crippen molar-refractivity contribution in [2.24, 2.45) is 0 Å². The van der Waals surface area contributed by atoms with Gasteiger partial charge in [-0.1, -0.05) is 41.5 Å². The number of hydrogen-bond acceptors (Lipinski definition) is 6. The van der Waals surface area contributed by atoms with Crippen molar-refractivity contribution in [1.29, 1.82) is 0 Å². The Hall–Kier alpha value is -2.13. The van der Waals surface area contributed by atoms with Crippen molar-refractivity contribution in [3.8, 4) is 0 Å². The second kappa shape index (κ2) is 9.58. The van der Waals surface area contributed by atoms with Gasteiger partial charge in [-0.15, -0.1) is 0 Å². The molecule has 7 nitrogen and oxygen atoms in total. The van der Waals surface area contributed by atoms with Crippen molar-refractivity contribution < 1.29 is 4.79 Å². The first kappa shape index (κ1) is 21.6. The molecule has 9 heteroatoms. The summed E-state index contributed by atoms with van der Waals surface area (Å²) in [6, 6.07) is 7.52. The number of nitrogens with one attached hydrogen (secondary N) is 2. The van der Waals surface area contributed by atoms with Gasteiger partial charge in [0.1, 0.15) is 5.82 Å². The molecular weight excluding hydrogens is 452 g/mol. The number of rotatable bonds is 8. The summed E-state index contributed by atoms with van der Waals surface area (Å²) >= 11 is 4.99. The molecule has 3 rings (SSSR count). The smallest absolute Gasteiger partial charge is 0.251 e. The zero-order valence-electron chi connectivity index (χ0n) is 16.9. The van der Waals surface area contributed by atoms with E-state index in [1.54, 1.807) is 30.1 Å². The normalized spacial score (nSPS) is 11.4. The van der Waals surface area contributed by atoms with E-state index < -0.39 is 0 Å². The molecule has 2 aromatic heterocycles. The monoisotopic (exact) mass is 476 g/mol. The molecular formula is C20H25BrN6OS. The van der Waals surface area contributed by atoms with Crippen LogP contribution in [0.1, 0.15) is 38.1 Å². The third-order valence-electron chi connectivity index (χ3n) is 3.96. The molecule has 0 aliphatic carbocycles. The predicted molar refractivity (Wildman–Crippen MR) is 122 cm³/mol. The first-order valence-corrected chi connectivity index (χ1v) is 11.2. The van der Waals surface area contributed by atoms with Gasteiger partial charge in [0.25, 0.3) is 5.91 Å². The van der Waals surface area contributed by atoms with Crippen LogP contribution in [-0.4, -0.2) is 43.5 Å². The lowest BCUT2D eigenvalue weighted by Crippen LogP contribution is -2.27. The fraction of sp³-hybridized carbons (Fsp3) is 0.400. The lowest BCUT2D eigenvalue weighted by atomic mass is 10.2. The summed E-state index contributed by atoms with van der Waals surface area (Å²) in [7, 11) is 0. The fourth-order valence-corrected chi connectivity index (χ4v) is 3.69. The third-order valence-corrected chi connectivity index (χ3v) is 5.35. The quantitative estimate of drug-likeness (QED) is 0.371. The Balaban J connectivity index is 1.76. The van der Waals surface area contributed by atoms with Crippen molar-refractivity contribution >= 4 is 50.5 Å². The second-order valence-corrected chi connectivity index (χ2v) is 9.65. The molecule has 2 heterocycles. The summed E-state index contributed by atoms with van der Waals surface area (Å²) in [5, 5.41) is 12.8. The molecule has 3 aromatic rings. The van der Waals surface area contributed by atoms with E-state index in [4.69, 9.17) is 4.98 Å². The number of fused-ring (bicyclic) bond motifs is 1. The highest BCUT2D eigenvalue weighted by Gasteiger charge is 2.15. The molecule has 154 valence electrons. The summed E-state index contributed by atoms with van der Waals surface area (Å²) < 4.78 is 2.76. The van der Waals surface area contributed by atoms with Crippen LogP contribution in [0.2, 0.25) is 0 Å². The number of carbonyl (C=O) groups excluding carboxylic acids is 1. The van der Waals surface area contributed by atoms with Crippen LogP contribution >= 0.6 is 27.7 Å². The Morgan fingerprint density at radius 1 is 1.17 bits per heavy atom. The third kappa shape index (κ3) is 5.70. The number of aromatic nitrogens is 4. The van der Waals surface area contributed by atoms with Crippen LogP contribution in [0.5, 0.6) is 0 Å². The Labute approximate surface area is 183 Å². The van der Waals surface area contributed by atoms with E-state index in [1.165, 1.54) is 0 Å². The number of hydrogen-bond donors (Lipinski definition) is 2. The molecule has 0 spiro atoms. The van der Waals surface area contributed by atoms with E-state index in [-0.39, 0.29) is 11.9 Å². The van der Waals surface area contributed by atoms with Crippen molar-refractivity contribution in [2.75, 3.05) is 11.9 Å². The Morgan fingerprint density at radius 2 is 1.90 bits per heavy atom. The van der Waals surface area contributed by atoms with E-state index in [0.717, 1.165) is 26.5 Å². The van der Waals surface area contributed by atoms with Crippen molar-refractivity contribution in [3.63, 3.8) is 0 Å². The van der Waals surface area contributed by atoms with Crippen LogP contribution in [-0.2, 0) is 6.54 Å². The number of anilines is 1. The number of nitrogens with zero attached hydrogens (tertiary/aromatic N) is 4. The van der Waals surface area contributed by atoms with Gasteiger partial charge in [0.15, 0.2) is 10.8 Å². The molecule has 1 amide bonds. The minimum absolute atomic E-state index is 0.109. The SMILES string of the molecule is CC(C)Nc1nc(SC(C)C)nc2c1cnn2CCNC(=O)c1ccc(Br)cc1. The number of amides is 1. The number of benzene rings is 1. The van der Waals surface area contributed by atoms with Crippen LogP contribution < -0.4 is 10.6 Å². The van der Waals surface area contributed by atoms with E-state index in [2.05, 4.69) is 64.3 Å². The van der Waals surface area contributed by atoms with E-state index >= 15 is 0 Å². The van der Waals surface area contributed by atoms with E-state index in [0.29, 0.717) is 23.9 Å². The van der Waals surface area contributed by atoms with Gasteiger partial charge in [0, 0.05) is 27.9 Å². The zero-order chi connectivity index (χ0) is 21.0. The average molecular weight is 477 g/mol. The summed E-state index contributed by atoms with van der Waals surface area (Å²) in [6.45, 7) is 9.35. The van der Waals surface area contributed by atoms with Crippen molar-refractivity contribution in [3.05, 3.63) is 40.5 Å². The van der Waals surface area contributed by atoms with E-state index in [9.17, 15) is 4.79 Å². The van der Waals surface area contributed by atoms with Crippen LogP contribution in [0.4, 0.5) is 5.82 Å². The van der Waals surface area contributed by atoms with Gasteiger partial charge in [-0.25, -0.2) is 14.6 Å². The van der Waals surface area contributed by atoms with Crippen molar-refractivity contribution in [2.45, 2.75) is 50.7 Å². The van der Waals surface area contributed by atoms with Gasteiger partial charge in [0.05, 0.1) is 18.1 Å². The maximum atomic E-state index is 12.3. The molecule has 0 unspecified atom stereocenters. The van der Waals surface area contributed by atoms with Gasteiger partial charge in [-0.2, -0.15) is 5.10 Å². The summed E-state index contributed by atoms with van der Waals surface area (Å²) in [4.78, 5) is 21.7. The lowest BCUT2D eigenvalue weighted by molar-refractivity contribution is 0.0952. The molecule has 0 saturated carbocycles. The summed E-state index contributed by atoms with van der Waals surface area (Å²) in [5.41, 5.74) is 1.39. The highest BCUT2D eigenvalue weighted by atomic mass is 79.9. The zero-order valence-corrected chi connectivity index (χ0v) is 19.3. The summed E-state index contributed by atoms with van der Waals surface area (Å²) in [6.07, 6.45) is 1.78. The highest BCUT2D eigenvalue weighted by molar-refractivity contribution is 9.10. The minimum Gasteiger partial charge on any atom is -0.367 e. The Bertz CT molecular complexity index is 987. The van der Waals surface area contributed by atoms with Crippen LogP contribution in [0.3, 0.4) is 0 Å². The van der Waals surface area contributed by atoms with Gasteiger partial charge in [0.2, 0.25) is 0 Å². The molecule has 0 bridgehead atoms. The number of halogens is 1. The highest BCUT2D eigenvalue weighted by Crippen LogP contribution is 2.26. The fourth-order valence-electron chi connectivity index (χ4n) is 2.72. The Kier molecular flexibility index (Phi) is 7.13. The Morgan fingerprint density at radius 3 is 2.55 bits per heavy atom. The topological polar surface area (TPSA) is 84.7 Å². The van der Waals surface area contributed by atoms with Crippen LogP contribution in [0.15, 0.2) is 40.1 Å². The van der Waals surface area contributed by atoms with Crippen LogP contribution in [0.25, 0.3) is 11.0 Å². The standard InChI is InChI=1S/C20H25BrN6OS/c1-12(2)24-17-16-11-23-27(18(16)26-20(25-17)29-13(3)4)10-9-22-19(28)14-5-7-15(21)8-6-14/h5-8,11-13H,9-10H2,1-4H3,(H,22,28)(H,24,25,26). The molecule has 0 aliphatic heterocycles. The maximum absolute atomic E-state index is 12.3. The number of carbonyl (C=O) groups is 1. The van der Waals surface area contributed by atoms with Gasteiger partial charge in [-0.3, -0.25) is 4.79 Å². The maximum Gasteiger partial charge on any atom is 0.251 e. The van der Waals surface area contributed by atoms with Gasteiger partial charge in [-0.05, 0) is 38.1 Å². The largest absolute Gasteiger partial charge is 0.367 e. The lowest BCUT2D eigenvalue weighted by Gasteiger charge is -2.12. The first-order chi connectivity index (χ1) is 13.8. The minimum atomic E-state index is -0.109. The second-order valence-electron chi connectivity index (χ2n) is 7.19. The first-order valence-electron chi connectivity index (χ1n) is 9.54. The van der Waals surface area contributed by atoms with Crippen LogP contribution in [0, 0.1) is 0 Å². The van der Waals surface area contributed by atoms with Crippen molar-refractivity contribution in [1.82, 2.24) is 25.1 Å². The molecule has 0 atom stereocenters. The average Bonchev–Trinajstić information content (AvgIpc) is 3.04. The molecule has 2 N–H and O–H groups in total. The molecule has 0 radical (unpaired) electrons. The number of thioether (sulfide) groups is 1.